The summed E-state index contributed by atoms with van der Waals surface area (Å²) in [6, 6.07) is 11.7. The maximum atomic E-state index is 13.1. The SMILES string of the molecule is Cc1c(C#N)c(NC(=O)COC(=O)C23C[C@H]4C[C@@H](CC(O)(C4)C2)C3)n(-c2ccccc2)c1C. The number of anilines is 1. The van der Waals surface area contributed by atoms with Gasteiger partial charge in [-0.3, -0.25) is 14.2 Å². The number of hydrogen-bond acceptors (Lipinski definition) is 5. The Kier molecular flexibility index (Phi) is 5.09. The van der Waals surface area contributed by atoms with Gasteiger partial charge >= 0.3 is 5.97 Å². The Bertz CT molecular complexity index is 1150. The van der Waals surface area contributed by atoms with Crippen LogP contribution in [0.4, 0.5) is 5.82 Å². The quantitative estimate of drug-likeness (QED) is 0.679. The number of carbonyl (C=O) groups is 2. The molecule has 2 atom stereocenters. The molecule has 2 aromatic rings. The molecule has 1 aromatic heterocycles. The highest BCUT2D eigenvalue weighted by molar-refractivity contribution is 5.94. The van der Waals surface area contributed by atoms with E-state index in [0.717, 1.165) is 49.0 Å². The molecule has 7 nitrogen and oxygen atoms in total. The molecule has 0 spiro atoms. The molecule has 4 aliphatic rings. The summed E-state index contributed by atoms with van der Waals surface area (Å²) < 4.78 is 7.34. The van der Waals surface area contributed by atoms with Gasteiger partial charge in [-0.25, -0.2) is 0 Å². The van der Waals surface area contributed by atoms with Crippen molar-refractivity contribution in [3.63, 3.8) is 0 Å². The zero-order valence-electron chi connectivity index (χ0n) is 19.1. The first-order chi connectivity index (χ1) is 15.7. The highest BCUT2D eigenvalue weighted by atomic mass is 16.5. The van der Waals surface area contributed by atoms with Crippen LogP contribution in [0, 0.1) is 42.4 Å². The van der Waals surface area contributed by atoms with E-state index in [1.807, 2.05) is 48.7 Å². The summed E-state index contributed by atoms with van der Waals surface area (Å²) in [7, 11) is 0. The van der Waals surface area contributed by atoms with Crippen molar-refractivity contribution in [2.75, 3.05) is 11.9 Å². The van der Waals surface area contributed by atoms with Crippen molar-refractivity contribution in [3.05, 3.63) is 47.2 Å². The van der Waals surface area contributed by atoms with Gasteiger partial charge in [-0.05, 0) is 81.9 Å². The van der Waals surface area contributed by atoms with Crippen LogP contribution in [-0.4, -0.2) is 33.8 Å². The Morgan fingerprint density at radius 3 is 2.45 bits per heavy atom. The lowest BCUT2D eigenvalue weighted by molar-refractivity contribution is -0.196. The van der Waals surface area contributed by atoms with Crippen LogP contribution in [0.15, 0.2) is 30.3 Å². The van der Waals surface area contributed by atoms with Gasteiger partial charge < -0.3 is 15.2 Å². The van der Waals surface area contributed by atoms with Crippen LogP contribution in [0.1, 0.15) is 55.3 Å². The number of rotatable bonds is 5. The van der Waals surface area contributed by atoms with E-state index in [4.69, 9.17) is 4.74 Å². The second-order valence-electron chi connectivity index (χ2n) is 10.3. The number of aromatic nitrogens is 1. The van der Waals surface area contributed by atoms with Gasteiger partial charge in [0.05, 0.1) is 16.6 Å². The third-order valence-corrected chi connectivity index (χ3v) is 7.90. The lowest BCUT2D eigenvalue weighted by Gasteiger charge is -2.58. The molecule has 2 N–H and O–H groups in total. The zero-order chi connectivity index (χ0) is 23.4. The maximum Gasteiger partial charge on any atom is 0.312 e. The molecule has 0 unspecified atom stereocenters. The van der Waals surface area contributed by atoms with E-state index >= 15 is 0 Å². The highest BCUT2D eigenvalue weighted by Gasteiger charge is 2.60. The monoisotopic (exact) mass is 447 g/mol. The summed E-state index contributed by atoms with van der Waals surface area (Å²) in [4.78, 5) is 25.9. The summed E-state index contributed by atoms with van der Waals surface area (Å²) in [6.45, 7) is 3.33. The topological polar surface area (TPSA) is 104 Å². The van der Waals surface area contributed by atoms with Gasteiger partial charge in [-0.1, -0.05) is 18.2 Å². The second-order valence-corrected chi connectivity index (χ2v) is 10.3. The summed E-state index contributed by atoms with van der Waals surface area (Å²) in [6.07, 6.45) is 4.52. The first kappa shape index (κ1) is 21.7. The molecule has 7 heteroatoms. The minimum absolute atomic E-state index is 0.357. The number of benzene rings is 1. The first-order valence-corrected chi connectivity index (χ1v) is 11.6. The van der Waals surface area contributed by atoms with Crippen LogP contribution >= 0.6 is 0 Å². The van der Waals surface area contributed by atoms with Crippen LogP contribution in [0.25, 0.3) is 5.69 Å². The number of hydrogen-bond donors (Lipinski definition) is 2. The summed E-state index contributed by atoms with van der Waals surface area (Å²) in [5, 5.41) is 23.4. The third-order valence-electron chi connectivity index (χ3n) is 7.90. The van der Waals surface area contributed by atoms with Crippen LogP contribution in [-0.2, 0) is 14.3 Å². The largest absolute Gasteiger partial charge is 0.455 e. The maximum absolute atomic E-state index is 13.1. The second kappa shape index (κ2) is 7.74. The van der Waals surface area contributed by atoms with E-state index in [-0.39, 0.29) is 5.97 Å². The van der Waals surface area contributed by atoms with Gasteiger partial charge in [0, 0.05) is 11.4 Å². The fourth-order valence-corrected chi connectivity index (χ4v) is 6.87. The summed E-state index contributed by atoms with van der Waals surface area (Å²) in [5.74, 6) is 0.227. The van der Waals surface area contributed by atoms with Gasteiger partial charge in [0.1, 0.15) is 11.9 Å². The fraction of sp³-hybridized carbons (Fsp3) is 0.500. The van der Waals surface area contributed by atoms with Gasteiger partial charge in [-0.2, -0.15) is 5.26 Å². The fourth-order valence-electron chi connectivity index (χ4n) is 6.87. The Hall–Kier alpha value is -3.11. The molecule has 172 valence electrons. The molecule has 4 fully saturated rings. The van der Waals surface area contributed by atoms with E-state index in [1.165, 1.54) is 0 Å². The number of carbonyl (C=O) groups excluding carboxylic acids is 2. The van der Waals surface area contributed by atoms with E-state index < -0.39 is 23.5 Å². The molecular formula is C26H29N3O4. The first-order valence-electron chi connectivity index (χ1n) is 11.6. The minimum atomic E-state index is -0.765. The van der Waals surface area contributed by atoms with Gasteiger partial charge in [0.2, 0.25) is 0 Å². The van der Waals surface area contributed by atoms with Crippen molar-refractivity contribution >= 4 is 17.7 Å². The molecule has 0 saturated heterocycles. The number of nitriles is 1. The molecule has 1 amide bonds. The molecule has 33 heavy (non-hydrogen) atoms. The Morgan fingerprint density at radius 2 is 1.85 bits per heavy atom. The van der Waals surface area contributed by atoms with Crippen molar-refractivity contribution in [2.24, 2.45) is 17.3 Å². The van der Waals surface area contributed by atoms with Gasteiger partial charge in [0.25, 0.3) is 5.91 Å². The summed E-state index contributed by atoms with van der Waals surface area (Å²) in [5.41, 5.74) is 1.42. The molecule has 0 radical (unpaired) electrons. The molecular weight excluding hydrogens is 418 g/mol. The van der Waals surface area contributed by atoms with E-state index in [0.29, 0.717) is 29.6 Å². The van der Waals surface area contributed by atoms with Gasteiger partial charge in [0.15, 0.2) is 6.61 Å². The van der Waals surface area contributed by atoms with E-state index in [9.17, 15) is 20.0 Å². The van der Waals surface area contributed by atoms with Crippen molar-refractivity contribution in [1.29, 1.82) is 5.26 Å². The molecule has 4 aliphatic carbocycles. The van der Waals surface area contributed by atoms with Crippen LogP contribution < -0.4 is 5.32 Å². The lowest BCUT2D eigenvalue weighted by atomic mass is 9.48. The number of nitrogens with one attached hydrogen (secondary N) is 1. The third kappa shape index (κ3) is 3.63. The molecule has 1 heterocycles. The predicted octanol–water partition coefficient (Wildman–Crippen LogP) is 3.78. The van der Waals surface area contributed by atoms with Crippen molar-refractivity contribution in [2.45, 2.75) is 58.0 Å². The number of esters is 1. The van der Waals surface area contributed by atoms with E-state index in [2.05, 4.69) is 11.4 Å². The Labute approximate surface area is 193 Å². The van der Waals surface area contributed by atoms with Crippen molar-refractivity contribution in [3.8, 4) is 11.8 Å². The average molecular weight is 448 g/mol. The smallest absolute Gasteiger partial charge is 0.312 e. The van der Waals surface area contributed by atoms with Crippen LogP contribution in [0.2, 0.25) is 0 Å². The zero-order valence-corrected chi connectivity index (χ0v) is 19.1. The number of amides is 1. The standard InChI is InChI=1S/C26H29N3O4/c1-16-17(2)29(20-6-4-3-5-7-20)23(21(16)13-27)28-22(30)14-33-24(31)25-9-18-8-19(10-25)12-26(32,11-18)15-25/h3-7,18-19,32H,8-12,14-15H2,1-2H3,(H,28,30)/t18-,19-,25?,26?/m1/s1. The molecule has 6 rings (SSSR count). The molecule has 0 aliphatic heterocycles. The van der Waals surface area contributed by atoms with Crippen LogP contribution in [0.3, 0.4) is 0 Å². The van der Waals surface area contributed by atoms with Crippen molar-refractivity contribution < 1.29 is 19.4 Å². The predicted molar refractivity (Wildman–Crippen MR) is 122 cm³/mol. The number of ether oxygens (including phenoxy) is 1. The lowest BCUT2D eigenvalue weighted by Crippen LogP contribution is -2.58. The molecule has 4 bridgehead atoms. The van der Waals surface area contributed by atoms with Crippen LogP contribution in [0.5, 0.6) is 0 Å². The Morgan fingerprint density at radius 1 is 1.18 bits per heavy atom. The molecule has 4 saturated carbocycles. The minimum Gasteiger partial charge on any atom is -0.455 e. The normalized spacial score (nSPS) is 29.5. The number of nitrogens with zero attached hydrogens (tertiary/aromatic N) is 2. The van der Waals surface area contributed by atoms with E-state index in [1.54, 1.807) is 0 Å². The summed E-state index contributed by atoms with van der Waals surface area (Å²) >= 11 is 0. The Balaban J connectivity index is 1.32. The van der Waals surface area contributed by atoms with Crippen molar-refractivity contribution in [1.82, 2.24) is 4.57 Å². The molecule has 1 aromatic carbocycles. The van der Waals surface area contributed by atoms with Gasteiger partial charge in [-0.15, -0.1) is 0 Å². The average Bonchev–Trinajstić information content (AvgIpc) is 2.99. The highest BCUT2D eigenvalue weighted by Crippen LogP contribution is 2.61. The number of aliphatic hydroxyl groups is 1. The number of para-hydroxylation sites is 1.